The van der Waals surface area contributed by atoms with Crippen LogP contribution in [0.5, 0.6) is 0 Å². The van der Waals surface area contributed by atoms with Crippen LogP contribution in [-0.2, 0) is 10.0 Å². The molecule has 1 aliphatic carbocycles. The van der Waals surface area contributed by atoms with Crippen molar-refractivity contribution in [1.29, 1.82) is 0 Å². The maximum Gasteiger partial charge on any atom is 0.243 e. The van der Waals surface area contributed by atoms with E-state index < -0.39 is 10.0 Å². The lowest BCUT2D eigenvalue weighted by atomic mass is 10.2. The van der Waals surface area contributed by atoms with Crippen molar-refractivity contribution >= 4 is 15.8 Å². The van der Waals surface area contributed by atoms with Gasteiger partial charge in [-0.3, -0.25) is 4.79 Å². The summed E-state index contributed by atoms with van der Waals surface area (Å²) in [5, 5.41) is 0. The number of benzene rings is 1. The molecule has 104 valence electrons. The quantitative estimate of drug-likeness (QED) is 0.778. The van der Waals surface area contributed by atoms with Gasteiger partial charge in [0.2, 0.25) is 10.0 Å². The van der Waals surface area contributed by atoms with Gasteiger partial charge in [-0.1, -0.05) is 12.1 Å². The van der Waals surface area contributed by atoms with Crippen LogP contribution in [0.4, 0.5) is 0 Å². The molecule has 1 saturated carbocycles. The van der Waals surface area contributed by atoms with E-state index in [-0.39, 0.29) is 16.7 Å². The Kier molecular flexibility index (Phi) is 3.78. The van der Waals surface area contributed by atoms with Gasteiger partial charge >= 0.3 is 0 Å². The monoisotopic (exact) mass is 281 g/mol. The number of sulfonamides is 1. The third-order valence-electron chi connectivity index (χ3n) is 3.82. The summed E-state index contributed by atoms with van der Waals surface area (Å²) in [5.74, 6) is 0.417. The number of nitrogens with zero attached hydrogens (tertiary/aromatic N) is 1. The lowest BCUT2D eigenvalue weighted by Gasteiger charge is -2.24. The first kappa shape index (κ1) is 14.2. The molecule has 0 saturated heterocycles. The predicted octanol–water partition coefficient (Wildman–Crippen LogP) is 2.31. The lowest BCUT2D eigenvalue weighted by Crippen LogP contribution is -2.36. The van der Waals surface area contributed by atoms with E-state index in [9.17, 15) is 13.2 Å². The molecule has 5 heteroatoms. The fourth-order valence-electron chi connectivity index (χ4n) is 2.12. The zero-order valence-electron chi connectivity index (χ0n) is 11.5. The minimum atomic E-state index is -3.46. The maximum absolute atomic E-state index is 12.4. The summed E-state index contributed by atoms with van der Waals surface area (Å²) in [4.78, 5) is 11.4. The second kappa shape index (κ2) is 5.06. The number of Topliss-reactive ketones (excluding diaryl/α,β-unsaturated/α-hetero) is 1. The highest BCUT2D eigenvalue weighted by Crippen LogP contribution is 2.36. The first-order valence-electron chi connectivity index (χ1n) is 6.43. The Morgan fingerprint density at radius 3 is 2.21 bits per heavy atom. The molecule has 1 aromatic carbocycles. The van der Waals surface area contributed by atoms with Gasteiger partial charge in [-0.25, -0.2) is 8.42 Å². The van der Waals surface area contributed by atoms with Gasteiger partial charge in [0.25, 0.3) is 0 Å². The maximum atomic E-state index is 12.4. The molecule has 1 fully saturated rings. The molecule has 1 aromatic rings. The van der Waals surface area contributed by atoms with Gasteiger partial charge in [0.15, 0.2) is 5.78 Å². The van der Waals surface area contributed by atoms with Crippen molar-refractivity contribution < 1.29 is 13.2 Å². The molecule has 0 aromatic heterocycles. The summed E-state index contributed by atoms with van der Waals surface area (Å²) in [6, 6.07) is 6.15. The number of hydrogen-bond acceptors (Lipinski definition) is 3. The predicted molar refractivity (Wildman–Crippen MR) is 73.6 cm³/mol. The number of hydrogen-bond donors (Lipinski definition) is 0. The van der Waals surface area contributed by atoms with Crippen molar-refractivity contribution in [1.82, 2.24) is 4.31 Å². The van der Waals surface area contributed by atoms with Crippen molar-refractivity contribution in [3.05, 3.63) is 29.8 Å². The smallest absolute Gasteiger partial charge is 0.243 e. The standard InChI is InChI=1S/C14H19NO3S/c1-10(12-4-5-12)15(3)19(17,18)14-8-6-13(7-9-14)11(2)16/h6-10,12H,4-5H2,1-3H3. The van der Waals surface area contributed by atoms with Gasteiger partial charge in [-0.15, -0.1) is 0 Å². The van der Waals surface area contributed by atoms with Crippen LogP contribution in [0.1, 0.15) is 37.0 Å². The van der Waals surface area contributed by atoms with Gasteiger partial charge in [0, 0.05) is 18.7 Å². The molecule has 19 heavy (non-hydrogen) atoms. The van der Waals surface area contributed by atoms with Gasteiger partial charge in [-0.2, -0.15) is 4.31 Å². The van der Waals surface area contributed by atoms with Crippen molar-refractivity contribution in [2.24, 2.45) is 5.92 Å². The van der Waals surface area contributed by atoms with Crippen LogP contribution in [0.25, 0.3) is 0 Å². The number of carbonyl (C=O) groups excluding carboxylic acids is 1. The van der Waals surface area contributed by atoms with Crippen LogP contribution in [-0.4, -0.2) is 31.6 Å². The van der Waals surface area contributed by atoms with Gasteiger partial charge in [0.1, 0.15) is 0 Å². The Balaban J connectivity index is 2.25. The minimum absolute atomic E-state index is 0.0254. The topological polar surface area (TPSA) is 54.5 Å². The Morgan fingerprint density at radius 1 is 1.26 bits per heavy atom. The second-order valence-electron chi connectivity index (χ2n) is 5.18. The summed E-state index contributed by atoms with van der Waals surface area (Å²) in [5.41, 5.74) is 0.525. The van der Waals surface area contributed by atoms with Crippen molar-refractivity contribution in [3.63, 3.8) is 0 Å². The summed E-state index contributed by atoms with van der Waals surface area (Å²) < 4.78 is 26.3. The summed E-state index contributed by atoms with van der Waals surface area (Å²) in [6.45, 7) is 3.41. The molecule has 0 heterocycles. The number of ketones is 1. The van der Waals surface area contributed by atoms with E-state index in [1.807, 2.05) is 6.92 Å². The first-order valence-corrected chi connectivity index (χ1v) is 7.87. The molecule has 0 N–H and O–H groups in total. The highest BCUT2D eigenvalue weighted by molar-refractivity contribution is 7.89. The van der Waals surface area contributed by atoms with E-state index in [0.29, 0.717) is 11.5 Å². The van der Waals surface area contributed by atoms with E-state index in [1.165, 1.54) is 23.4 Å². The summed E-state index contributed by atoms with van der Waals surface area (Å²) in [6.07, 6.45) is 2.20. The van der Waals surface area contributed by atoms with Gasteiger partial charge in [0.05, 0.1) is 4.90 Å². The summed E-state index contributed by atoms with van der Waals surface area (Å²) >= 11 is 0. The number of rotatable bonds is 5. The normalized spacial score (nSPS) is 17.5. The Hall–Kier alpha value is -1.20. The van der Waals surface area contributed by atoms with Crippen LogP contribution in [0, 0.1) is 5.92 Å². The summed E-state index contributed by atoms with van der Waals surface area (Å²) in [7, 11) is -1.84. The molecule has 0 amide bonds. The second-order valence-corrected chi connectivity index (χ2v) is 7.18. The molecular formula is C14H19NO3S. The average molecular weight is 281 g/mol. The van der Waals surface area contributed by atoms with E-state index in [4.69, 9.17) is 0 Å². The zero-order valence-corrected chi connectivity index (χ0v) is 12.3. The van der Waals surface area contributed by atoms with Crippen LogP contribution in [0.3, 0.4) is 0 Å². The third kappa shape index (κ3) is 2.87. The molecule has 0 spiro atoms. The largest absolute Gasteiger partial charge is 0.295 e. The van der Waals surface area contributed by atoms with Crippen molar-refractivity contribution in [2.75, 3.05) is 7.05 Å². The fraction of sp³-hybridized carbons (Fsp3) is 0.500. The van der Waals surface area contributed by atoms with E-state index >= 15 is 0 Å². The highest BCUT2D eigenvalue weighted by Gasteiger charge is 2.35. The van der Waals surface area contributed by atoms with Crippen LogP contribution in [0.2, 0.25) is 0 Å². The van der Waals surface area contributed by atoms with Crippen molar-refractivity contribution in [2.45, 2.75) is 37.6 Å². The average Bonchev–Trinajstić information content (AvgIpc) is 3.21. The molecule has 1 aliphatic rings. The third-order valence-corrected chi connectivity index (χ3v) is 5.77. The highest BCUT2D eigenvalue weighted by atomic mass is 32.2. The molecular weight excluding hydrogens is 262 g/mol. The zero-order chi connectivity index (χ0) is 14.2. The van der Waals surface area contributed by atoms with Crippen molar-refractivity contribution in [3.8, 4) is 0 Å². The molecule has 0 aliphatic heterocycles. The molecule has 1 unspecified atom stereocenters. The van der Waals surface area contributed by atoms with E-state index in [2.05, 4.69) is 0 Å². The lowest BCUT2D eigenvalue weighted by molar-refractivity contribution is 0.101. The minimum Gasteiger partial charge on any atom is -0.295 e. The number of carbonyl (C=O) groups is 1. The van der Waals surface area contributed by atoms with Gasteiger partial charge < -0.3 is 0 Å². The van der Waals surface area contributed by atoms with Crippen LogP contribution < -0.4 is 0 Å². The molecule has 0 radical (unpaired) electrons. The Bertz CT molecular complexity index is 573. The van der Waals surface area contributed by atoms with Gasteiger partial charge in [-0.05, 0) is 44.7 Å². The molecule has 1 atom stereocenters. The fourth-order valence-corrected chi connectivity index (χ4v) is 3.54. The molecule has 2 rings (SSSR count). The Morgan fingerprint density at radius 2 is 1.79 bits per heavy atom. The van der Waals surface area contributed by atoms with E-state index in [1.54, 1.807) is 19.2 Å². The first-order chi connectivity index (χ1) is 8.84. The van der Waals surface area contributed by atoms with Crippen LogP contribution >= 0.6 is 0 Å². The molecule has 0 bridgehead atoms. The van der Waals surface area contributed by atoms with E-state index in [0.717, 1.165) is 12.8 Å². The SMILES string of the molecule is CC(=O)c1ccc(S(=O)(=O)N(C)C(C)C2CC2)cc1. The molecule has 4 nitrogen and oxygen atoms in total. The Labute approximate surface area is 114 Å². The van der Waals surface area contributed by atoms with Crippen LogP contribution in [0.15, 0.2) is 29.2 Å².